The van der Waals surface area contributed by atoms with E-state index >= 15 is 0 Å². The third-order valence-corrected chi connectivity index (χ3v) is 8.83. The van der Waals surface area contributed by atoms with Gasteiger partial charge in [-0.05, 0) is 34.6 Å². The monoisotopic (exact) mass is 698 g/mol. The predicted molar refractivity (Wildman–Crippen MR) is 172 cm³/mol. The number of rotatable bonds is 19. The Morgan fingerprint density at radius 1 is 0.958 bits per heavy atom. The minimum Gasteiger partial charge on any atom is -0.463 e. The van der Waals surface area contributed by atoms with Crippen LogP contribution in [0, 0.1) is 12.8 Å². The van der Waals surface area contributed by atoms with Crippen molar-refractivity contribution in [2.24, 2.45) is 5.92 Å². The number of nitrogens with one attached hydrogen (secondary N) is 1. The predicted octanol–water partition coefficient (Wildman–Crippen LogP) is 3.23. The Hall–Kier alpha value is -2.89. The molecule has 1 N–H and O–H groups in total. The van der Waals surface area contributed by atoms with Crippen LogP contribution in [0.25, 0.3) is 11.2 Å². The van der Waals surface area contributed by atoms with E-state index in [1.165, 1.54) is 26.5 Å². The third kappa shape index (κ3) is 10.8. The normalized spacial score (nSPS) is 20.4. The highest BCUT2D eigenvalue weighted by Crippen LogP contribution is 2.50. The first kappa shape index (κ1) is 39.5. The highest BCUT2D eigenvalue weighted by atomic mass is 31.2. The van der Waals surface area contributed by atoms with Crippen LogP contribution in [0.1, 0.15) is 61.6 Å². The van der Waals surface area contributed by atoms with Crippen molar-refractivity contribution < 1.29 is 51.9 Å². The fourth-order valence-corrected chi connectivity index (χ4v) is 6.31. The van der Waals surface area contributed by atoms with E-state index in [-0.39, 0.29) is 56.2 Å². The maximum atomic E-state index is 12.5. The molecule has 0 saturated carbocycles. The van der Waals surface area contributed by atoms with Crippen LogP contribution in [0.15, 0.2) is 12.7 Å². The maximum absolute atomic E-state index is 12.5. The Balaban J connectivity index is 2.01. The number of fused-ring (bicyclic) bond motifs is 1. The quantitative estimate of drug-likeness (QED) is 0.0976. The van der Waals surface area contributed by atoms with E-state index in [0.29, 0.717) is 11.2 Å². The molecule has 0 spiro atoms. The van der Waals surface area contributed by atoms with Gasteiger partial charge in [0.05, 0.1) is 25.6 Å². The van der Waals surface area contributed by atoms with Gasteiger partial charge in [-0.3, -0.25) is 19.0 Å². The number of nitrogens with zero attached hydrogens (tertiary/aromatic N) is 5. The topological polar surface area (TPSA) is 184 Å². The molecule has 1 aliphatic heterocycles. The zero-order chi connectivity index (χ0) is 35.5. The van der Waals surface area contributed by atoms with Crippen molar-refractivity contribution in [3.8, 4) is 0 Å². The minimum atomic E-state index is -1.67. The van der Waals surface area contributed by atoms with Crippen LogP contribution in [-0.2, 0) is 51.9 Å². The second-order valence-corrected chi connectivity index (χ2v) is 13.1. The van der Waals surface area contributed by atoms with E-state index in [1.807, 2.05) is 27.7 Å². The number of carbonyl (C=O) groups is 3. The van der Waals surface area contributed by atoms with Gasteiger partial charge < -0.3 is 42.8 Å². The van der Waals surface area contributed by atoms with Crippen molar-refractivity contribution in [3.05, 3.63) is 19.6 Å². The first-order valence-corrected chi connectivity index (χ1v) is 16.7. The summed E-state index contributed by atoms with van der Waals surface area (Å²) in [6.45, 7) is 19.0. The number of esters is 2. The molecule has 17 nitrogen and oxygen atoms in total. The molecular formula is C30H47N6O11P. The molecule has 1 fully saturated rings. The molecule has 2 aromatic heterocycles. The first-order chi connectivity index (χ1) is 22.7. The highest BCUT2D eigenvalue weighted by molar-refractivity contribution is 7.44. The minimum absolute atomic E-state index is 0.0560. The van der Waals surface area contributed by atoms with Gasteiger partial charge >= 0.3 is 11.9 Å². The Kier molecular flexibility index (Phi) is 15.5. The molecular weight excluding hydrogens is 651 g/mol. The molecule has 3 rings (SSSR count). The Morgan fingerprint density at radius 2 is 1.56 bits per heavy atom. The van der Waals surface area contributed by atoms with Gasteiger partial charge in [0.1, 0.15) is 31.7 Å². The van der Waals surface area contributed by atoms with Crippen molar-refractivity contribution in [1.29, 1.82) is 0 Å². The van der Waals surface area contributed by atoms with Crippen molar-refractivity contribution in [2.45, 2.75) is 98.5 Å². The Bertz CT molecular complexity index is 1320. The van der Waals surface area contributed by atoms with Crippen LogP contribution in [-0.4, -0.2) is 112 Å². The summed E-state index contributed by atoms with van der Waals surface area (Å²) in [5.74, 6) is -1.29. The van der Waals surface area contributed by atoms with Gasteiger partial charge in [-0.15, -0.1) is 0 Å². The van der Waals surface area contributed by atoms with Crippen LogP contribution < -0.4 is 5.32 Å². The van der Waals surface area contributed by atoms with E-state index in [4.69, 9.17) is 44.4 Å². The summed E-state index contributed by atoms with van der Waals surface area (Å²) in [6.07, 6.45) is -1.26. The lowest BCUT2D eigenvalue weighted by atomic mass is 10.1. The van der Waals surface area contributed by atoms with Crippen LogP contribution in [0.5, 0.6) is 0 Å². The van der Waals surface area contributed by atoms with Gasteiger partial charge in [-0.25, -0.2) is 19.6 Å². The summed E-state index contributed by atoms with van der Waals surface area (Å²) < 4.78 is 50.2. The van der Waals surface area contributed by atoms with E-state index < -0.39 is 51.5 Å². The average molecular weight is 699 g/mol. The second kappa shape index (κ2) is 18.8. The van der Waals surface area contributed by atoms with Gasteiger partial charge in [0.15, 0.2) is 23.2 Å². The van der Waals surface area contributed by atoms with E-state index in [1.54, 1.807) is 25.5 Å². The fourth-order valence-electron chi connectivity index (χ4n) is 4.73. The molecule has 1 saturated heterocycles. The second-order valence-electron chi connectivity index (χ2n) is 11.6. The molecule has 2 radical (unpaired) electrons. The summed E-state index contributed by atoms with van der Waals surface area (Å²) in [4.78, 5) is 48.2. The van der Waals surface area contributed by atoms with E-state index in [2.05, 4.69) is 24.9 Å². The number of anilines is 1. The number of ether oxygens (including phenoxy) is 6. The fraction of sp³-hybridized carbons (Fsp3) is 0.700. The third-order valence-electron chi connectivity index (χ3n) is 6.79. The molecule has 2 unspecified atom stereocenters. The number of hydrogen-bond donors (Lipinski definition) is 1. The number of carbonyl (C=O) groups excluding carboxylic acids is 3. The first-order valence-electron chi connectivity index (χ1n) is 15.6. The molecule has 0 bridgehead atoms. The van der Waals surface area contributed by atoms with Crippen molar-refractivity contribution in [2.75, 3.05) is 38.9 Å². The summed E-state index contributed by atoms with van der Waals surface area (Å²) in [5, 5.41) is 2.77. The molecule has 48 heavy (non-hydrogen) atoms. The maximum Gasteiger partial charge on any atom is 0.302 e. The molecule has 5 atom stereocenters. The lowest BCUT2D eigenvalue weighted by molar-refractivity contribution is -0.320. The standard InChI is InChI=1S/C30H47N6O11P/c1-17(2)28(39)34-26-23-27(32-15-31-26)35(16-33-23)29-25(24(20(7)45-29)47-48(40-10)36(18(3)4)19(5)6)46-30(43-13-11-41-21(8)37)44-14-12-42-22(9)38/h7,15-20,24-25,29-30H,11-14H2,1-6,8-10H3,(H,31,32,34,39)/t20-,24+,25?,29-,48?/m1/s1. The molecule has 2 aromatic rings. The zero-order valence-corrected chi connectivity index (χ0v) is 29.7. The smallest absolute Gasteiger partial charge is 0.302 e. The molecule has 18 heteroatoms. The number of aromatic nitrogens is 4. The van der Waals surface area contributed by atoms with Gasteiger partial charge in [-0.1, -0.05) is 13.8 Å². The molecule has 0 aliphatic carbocycles. The summed E-state index contributed by atoms with van der Waals surface area (Å²) in [7, 11) is -0.120. The van der Waals surface area contributed by atoms with Crippen molar-refractivity contribution >= 4 is 43.4 Å². The summed E-state index contributed by atoms with van der Waals surface area (Å²) in [6, 6.07) is 0.112. The number of imidazole rings is 1. The van der Waals surface area contributed by atoms with Gasteiger partial charge in [-0.2, -0.15) is 0 Å². The summed E-state index contributed by atoms with van der Waals surface area (Å²) >= 11 is 0. The largest absolute Gasteiger partial charge is 0.463 e. The molecule has 0 aromatic carbocycles. The number of amides is 1. The van der Waals surface area contributed by atoms with E-state index in [0.717, 1.165) is 0 Å². The van der Waals surface area contributed by atoms with Gasteiger partial charge in [0.25, 0.3) is 15.0 Å². The summed E-state index contributed by atoms with van der Waals surface area (Å²) in [5.41, 5.74) is 0.627. The van der Waals surface area contributed by atoms with Crippen molar-refractivity contribution in [1.82, 2.24) is 24.2 Å². The lowest BCUT2D eigenvalue weighted by Gasteiger charge is -2.37. The number of hydrogen-bond acceptors (Lipinski definition) is 15. The molecule has 1 aliphatic rings. The molecule has 1 amide bonds. The molecule has 268 valence electrons. The van der Waals surface area contributed by atoms with Gasteiger partial charge in [0, 0.05) is 39.0 Å². The van der Waals surface area contributed by atoms with E-state index in [9.17, 15) is 14.4 Å². The SMILES string of the molecule is [CH][C@H]1O[C@@H](n2cnc3c(NC(=O)C(C)C)ncnc32)C(OC(OCCOC(C)=O)OCCOC(C)=O)[C@H]1OP(OC)N(C(C)C)C(C)C. The Morgan fingerprint density at radius 3 is 2.08 bits per heavy atom. The lowest BCUT2D eigenvalue weighted by Crippen LogP contribution is -2.42. The van der Waals surface area contributed by atoms with Crippen LogP contribution in [0.3, 0.4) is 0 Å². The highest BCUT2D eigenvalue weighted by Gasteiger charge is 2.49. The van der Waals surface area contributed by atoms with Gasteiger partial charge in [0.2, 0.25) is 5.91 Å². The van der Waals surface area contributed by atoms with Crippen LogP contribution in [0.2, 0.25) is 0 Å². The zero-order valence-electron chi connectivity index (χ0n) is 28.9. The van der Waals surface area contributed by atoms with Crippen molar-refractivity contribution in [3.63, 3.8) is 0 Å². The average Bonchev–Trinajstić information content (AvgIpc) is 3.57. The van der Waals surface area contributed by atoms with Crippen LogP contribution >= 0.6 is 8.53 Å². The van der Waals surface area contributed by atoms with Crippen LogP contribution in [0.4, 0.5) is 5.82 Å². The Labute approximate surface area is 282 Å². The molecule has 3 heterocycles.